The highest BCUT2D eigenvalue weighted by Gasteiger charge is 2.22. The second kappa shape index (κ2) is 7.02. The SMILES string of the molecule is Cc1cc(C(=O)NCCCO)cc(S(=O)(=O)N(C)C)c1C. The number of hydrogen-bond acceptors (Lipinski definition) is 4. The lowest BCUT2D eigenvalue weighted by Crippen LogP contribution is -2.27. The van der Waals surface area contributed by atoms with Crippen molar-refractivity contribution in [2.24, 2.45) is 0 Å². The number of rotatable bonds is 6. The minimum absolute atomic E-state index is 0.00648. The average Bonchev–Trinajstić information content (AvgIpc) is 2.41. The summed E-state index contributed by atoms with van der Waals surface area (Å²) in [6.45, 7) is 3.83. The Morgan fingerprint density at radius 3 is 2.43 bits per heavy atom. The first kappa shape index (κ1) is 17.6. The van der Waals surface area contributed by atoms with Gasteiger partial charge >= 0.3 is 0 Å². The van der Waals surface area contributed by atoms with Crippen molar-refractivity contribution < 1.29 is 18.3 Å². The number of aliphatic hydroxyl groups is 1. The third-order valence-electron chi connectivity index (χ3n) is 3.26. The predicted octanol–water partition coefficient (Wildman–Crippen LogP) is 0.666. The summed E-state index contributed by atoms with van der Waals surface area (Å²) >= 11 is 0. The lowest BCUT2D eigenvalue weighted by molar-refractivity contribution is 0.0951. The van der Waals surface area contributed by atoms with Gasteiger partial charge in [-0.3, -0.25) is 4.79 Å². The summed E-state index contributed by atoms with van der Waals surface area (Å²) in [6.07, 6.45) is 0.458. The van der Waals surface area contributed by atoms with Crippen molar-refractivity contribution in [1.29, 1.82) is 0 Å². The van der Waals surface area contributed by atoms with Crippen LogP contribution >= 0.6 is 0 Å². The molecule has 7 heteroatoms. The van der Waals surface area contributed by atoms with Gasteiger partial charge in [0.05, 0.1) is 4.90 Å². The maximum absolute atomic E-state index is 12.3. The molecule has 0 aliphatic carbocycles. The van der Waals surface area contributed by atoms with Crippen LogP contribution in [0.4, 0.5) is 0 Å². The first-order valence-corrected chi connectivity index (χ1v) is 8.08. The van der Waals surface area contributed by atoms with E-state index < -0.39 is 10.0 Å². The summed E-state index contributed by atoms with van der Waals surface area (Å²) in [5.74, 6) is -0.346. The van der Waals surface area contributed by atoms with Crippen LogP contribution in [0.3, 0.4) is 0 Å². The lowest BCUT2D eigenvalue weighted by atomic mass is 10.1. The zero-order chi connectivity index (χ0) is 16.2. The number of benzene rings is 1. The smallest absolute Gasteiger partial charge is 0.251 e. The van der Waals surface area contributed by atoms with E-state index in [1.165, 1.54) is 20.2 Å². The highest BCUT2D eigenvalue weighted by atomic mass is 32.2. The minimum Gasteiger partial charge on any atom is -0.396 e. The van der Waals surface area contributed by atoms with Crippen LogP contribution in [0.1, 0.15) is 27.9 Å². The van der Waals surface area contributed by atoms with Gasteiger partial charge in [0.2, 0.25) is 10.0 Å². The number of carbonyl (C=O) groups is 1. The maximum Gasteiger partial charge on any atom is 0.251 e. The van der Waals surface area contributed by atoms with Crippen molar-refractivity contribution in [1.82, 2.24) is 9.62 Å². The monoisotopic (exact) mass is 314 g/mol. The molecular weight excluding hydrogens is 292 g/mol. The zero-order valence-corrected chi connectivity index (χ0v) is 13.6. The van der Waals surface area contributed by atoms with Crippen molar-refractivity contribution in [3.63, 3.8) is 0 Å². The Balaban J connectivity index is 3.22. The van der Waals surface area contributed by atoms with E-state index in [0.717, 1.165) is 9.87 Å². The van der Waals surface area contributed by atoms with Crippen LogP contribution in [0.5, 0.6) is 0 Å². The van der Waals surface area contributed by atoms with Crippen LogP contribution in [0, 0.1) is 13.8 Å². The Kier molecular flexibility index (Phi) is 5.88. The van der Waals surface area contributed by atoms with Gasteiger partial charge in [-0.2, -0.15) is 0 Å². The van der Waals surface area contributed by atoms with Crippen molar-refractivity contribution in [3.8, 4) is 0 Å². The standard InChI is InChI=1S/C14H22N2O4S/c1-10-8-12(14(18)15-6-5-7-17)9-13(11(10)2)21(19,20)16(3)4/h8-9,17H,5-7H2,1-4H3,(H,15,18). The highest BCUT2D eigenvalue weighted by Crippen LogP contribution is 2.23. The fraction of sp³-hybridized carbons (Fsp3) is 0.500. The number of hydrogen-bond donors (Lipinski definition) is 2. The van der Waals surface area contributed by atoms with E-state index in [2.05, 4.69) is 5.32 Å². The van der Waals surface area contributed by atoms with Crippen molar-refractivity contribution in [2.75, 3.05) is 27.2 Å². The quantitative estimate of drug-likeness (QED) is 0.756. The number of sulfonamides is 1. The van der Waals surface area contributed by atoms with Gasteiger partial charge in [-0.1, -0.05) is 0 Å². The average molecular weight is 314 g/mol. The summed E-state index contributed by atoms with van der Waals surface area (Å²) in [4.78, 5) is 12.2. The predicted molar refractivity (Wildman–Crippen MR) is 80.8 cm³/mol. The lowest BCUT2D eigenvalue weighted by Gasteiger charge is -2.16. The Morgan fingerprint density at radius 1 is 1.29 bits per heavy atom. The van der Waals surface area contributed by atoms with Gasteiger partial charge in [-0.15, -0.1) is 0 Å². The van der Waals surface area contributed by atoms with Gasteiger partial charge < -0.3 is 10.4 Å². The maximum atomic E-state index is 12.3. The van der Waals surface area contributed by atoms with Crippen molar-refractivity contribution in [3.05, 3.63) is 28.8 Å². The first-order chi connectivity index (χ1) is 9.71. The molecule has 0 aliphatic heterocycles. The van der Waals surface area contributed by atoms with Crippen molar-refractivity contribution >= 4 is 15.9 Å². The van der Waals surface area contributed by atoms with Crippen LogP contribution in [-0.2, 0) is 10.0 Å². The molecule has 0 spiro atoms. The van der Waals surface area contributed by atoms with Gasteiger partial charge in [0, 0.05) is 32.8 Å². The van der Waals surface area contributed by atoms with Gasteiger partial charge in [0.25, 0.3) is 5.91 Å². The number of aliphatic hydroxyl groups excluding tert-OH is 1. The summed E-state index contributed by atoms with van der Waals surface area (Å²) in [7, 11) is -0.685. The summed E-state index contributed by atoms with van der Waals surface area (Å²) in [6, 6.07) is 3.06. The van der Waals surface area contributed by atoms with E-state index in [4.69, 9.17) is 5.11 Å². The number of aryl methyl sites for hydroxylation is 1. The molecule has 6 nitrogen and oxygen atoms in total. The zero-order valence-electron chi connectivity index (χ0n) is 12.8. The Hall–Kier alpha value is -1.44. The number of amides is 1. The molecule has 0 radical (unpaired) electrons. The third kappa shape index (κ3) is 4.03. The molecule has 21 heavy (non-hydrogen) atoms. The minimum atomic E-state index is -3.60. The largest absolute Gasteiger partial charge is 0.396 e. The molecule has 1 aromatic carbocycles. The Labute approximate surface area is 125 Å². The van der Waals surface area contributed by atoms with E-state index in [-0.39, 0.29) is 17.4 Å². The van der Waals surface area contributed by atoms with Crippen LogP contribution in [-0.4, -0.2) is 51.0 Å². The van der Waals surface area contributed by atoms with Crippen LogP contribution in [0.25, 0.3) is 0 Å². The van der Waals surface area contributed by atoms with Crippen LogP contribution in [0.15, 0.2) is 17.0 Å². The highest BCUT2D eigenvalue weighted by molar-refractivity contribution is 7.89. The van der Waals surface area contributed by atoms with Crippen LogP contribution < -0.4 is 5.32 Å². The van der Waals surface area contributed by atoms with E-state index in [0.29, 0.717) is 24.1 Å². The van der Waals surface area contributed by atoms with E-state index in [1.807, 2.05) is 0 Å². The van der Waals surface area contributed by atoms with E-state index in [1.54, 1.807) is 19.9 Å². The Bertz CT molecular complexity index is 624. The molecule has 118 valence electrons. The van der Waals surface area contributed by atoms with Gasteiger partial charge in [-0.05, 0) is 43.5 Å². The van der Waals surface area contributed by atoms with Gasteiger partial charge in [0.15, 0.2) is 0 Å². The molecule has 1 aromatic rings. The normalized spacial score (nSPS) is 11.7. The van der Waals surface area contributed by atoms with Gasteiger partial charge in [0.1, 0.15) is 0 Å². The molecule has 0 saturated heterocycles. The molecule has 0 aromatic heterocycles. The summed E-state index contributed by atoms with van der Waals surface area (Å²) < 4.78 is 25.7. The fourth-order valence-corrected chi connectivity index (χ4v) is 3.02. The molecule has 0 atom stereocenters. The number of carbonyl (C=O) groups excluding carboxylic acids is 1. The second-order valence-corrected chi connectivity index (χ2v) is 7.16. The molecular formula is C14H22N2O4S. The number of nitrogens with zero attached hydrogens (tertiary/aromatic N) is 1. The number of nitrogens with one attached hydrogen (secondary N) is 1. The molecule has 0 heterocycles. The fourth-order valence-electron chi connectivity index (χ4n) is 1.81. The second-order valence-electron chi connectivity index (χ2n) is 5.04. The molecule has 0 aliphatic rings. The molecule has 0 fully saturated rings. The first-order valence-electron chi connectivity index (χ1n) is 6.64. The third-order valence-corrected chi connectivity index (χ3v) is 5.20. The molecule has 0 bridgehead atoms. The van der Waals surface area contributed by atoms with Crippen molar-refractivity contribution in [2.45, 2.75) is 25.2 Å². The molecule has 1 rings (SSSR count). The molecule has 2 N–H and O–H groups in total. The molecule has 1 amide bonds. The summed E-state index contributed by atoms with van der Waals surface area (Å²) in [5, 5.41) is 11.4. The van der Waals surface area contributed by atoms with E-state index >= 15 is 0 Å². The van der Waals surface area contributed by atoms with Crippen LogP contribution in [0.2, 0.25) is 0 Å². The molecule has 0 unspecified atom stereocenters. The van der Waals surface area contributed by atoms with E-state index in [9.17, 15) is 13.2 Å². The topological polar surface area (TPSA) is 86.7 Å². The molecule has 0 saturated carbocycles. The van der Waals surface area contributed by atoms with Gasteiger partial charge in [-0.25, -0.2) is 12.7 Å². The summed E-state index contributed by atoms with van der Waals surface area (Å²) in [5.41, 5.74) is 1.68. The Morgan fingerprint density at radius 2 is 1.90 bits per heavy atom.